The third-order valence-corrected chi connectivity index (χ3v) is 2.52. The van der Waals surface area contributed by atoms with Crippen molar-refractivity contribution >= 4 is 11.8 Å². The summed E-state index contributed by atoms with van der Waals surface area (Å²) in [7, 11) is 1.98. The van der Waals surface area contributed by atoms with Gasteiger partial charge >= 0.3 is 0 Å². The Morgan fingerprint density at radius 1 is 1.70 bits per heavy atom. The summed E-state index contributed by atoms with van der Waals surface area (Å²) in [6, 6.07) is 0. The summed E-state index contributed by atoms with van der Waals surface area (Å²) in [6.45, 7) is 7.24. The van der Waals surface area contributed by atoms with Crippen LogP contribution in [-0.2, 0) is 0 Å². The maximum Gasteiger partial charge on any atom is 0.00218 e. The lowest BCUT2D eigenvalue weighted by Crippen LogP contribution is -2.18. The molecule has 0 aliphatic rings. The highest BCUT2D eigenvalue weighted by Crippen LogP contribution is 2.21. The summed E-state index contributed by atoms with van der Waals surface area (Å²) in [5.74, 6) is 0.639. The van der Waals surface area contributed by atoms with Crippen LogP contribution < -0.4 is 5.32 Å². The predicted molar refractivity (Wildman–Crippen MR) is 50.4 cm³/mol. The van der Waals surface area contributed by atoms with Crippen molar-refractivity contribution in [3.05, 3.63) is 11.5 Å². The third-order valence-electron chi connectivity index (χ3n) is 1.66. The number of nitrogens with one attached hydrogen (secondary N) is 1. The highest BCUT2D eigenvalue weighted by atomic mass is 32.2. The smallest absolute Gasteiger partial charge is 0.00218 e. The van der Waals surface area contributed by atoms with E-state index in [2.05, 4.69) is 25.1 Å². The van der Waals surface area contributed by atoms with E-state index < -0.39 is 0 Å². The van der Waals surface area contributed by atoms with Crippen molar-refractivity contribution in [2.45, 2.75) is 13.3 Å². The Bertz CT molecular complexity index is 101. The molecule has 0 bridgehead atoms. The monoisotopic (exact) mass is 159 g/mol. The normalized spacial score (nSPS) is 13.1. The average molecular weight is 159 g/mol. The Morgan fingerprint density at radius 2 is 2.30 bits per heavy atom. The van der Waals surface area contributed by atoms with Gasteiger partial charge in [-0.05, 0) is 24.6 Å². The topological polar surface area (TPSA) is 12.0 Å². The molecular weight excluding hydrogens is 142 g/mol. The van der Waals surface area contributed by atoms with Crippen molar-refractivity contribution in [2.24, 2.45) is 5.92 Å². The van der Waals surface area contributed by atoms with Crippen LogP contribution in [0.3, 0.4) is 0 Å². The van der Waals surface area contributed by atoms with Gasteiger partial charge in [0.1, 0.15) is 0 Å². The number of rotatable bonds is 5. The first-order valence-corrected chi connectivity index (χ1v) is 4.86. The van der Waals surface area contributed by atoms with E-state index in [9.17, 15) is 0 Å². The van der Waals surface area contributed by atoms with E-state index in [0.29, 0.717) is 5.92 Å². The maximum absolute atomic E-state index is 3.99. The van der Waals surface area contributed by atoms with Crippen LogP contribution in [0.2, 0.25) is 0 Å². The van der Waals surface area contributed by atoms with Gasteiger partial charge in [0.25, 0.3) is 0 Å². The van der Waals surface area contributed by atoms with Crippen LogP contribution in [0, 0.1) is 5.92 Å². The SMILES string of the molecule is C=C(SC)C(CC)CNC. The molecule has 0 rings (SSSR count). The van der Waals surface area contributed by atoms with E-state index in [-0.39, 0.29) is 0 Å². The average Bonchev–Trinajstić information content (AvgIpc) is 1.99. The number of thioether (sulfide) groups is 1. The molecule has 0 saturated heterocycles. The van der Waals surface area contributed by atoms with Crippen molar-refractivity contribution in [3.63, 3.8) is 0 Å². The second-order valence-electron chi connectivity index (χ2n) is 2.33. The molecule has 0 aliphatic heterocycles. The lowest BCUT2D eigenvalue weighted by Gasteiger charge is -2.14. The summed E-state index contributed by atoms with van der Waals surface area (Å²) in [6.07, 6.45) is 3.27. The molecule has 0 aliphatic carbocycles. The Labute approximate surface area is 68.3 Å². The number of hydrogen-bond acceptors (Lipinski definition) is 2. The van der Waals surface area contributed by atoms with Gasteiger partial charge in [0.05, 0.1) is 0 Å². The molecular formula is C8H17NS. The van der Waals surface area contributed by atoms with Gasteiger partial charge < -0.3 is 5.32 Å². The largest absolute Gasteiger partial charge is 0.319 e. The lowest BCUT2D eigenvalue weighted by molar-refractivity contribution is 0.575. The van der Waals surface area contributed by atoms with Gasteiger partial charge in [-0.1, -0.05) is 13.5 Å². The zero-order chi connectivity index (χ0) is 7.98. The molecule has 0 radical (unpaired) electrons. The highest BCUT2D eigenvalue weighted by Gasteiger charge is 2.06. The molecule has 0 aromatic carbocycles. The maximum atomic E-state index is 3.99. The molecule has 1 unspecified atom stereocenters. The van der Waals surface area contributed by atoms with Crippen LogP contribution in [0.25, 0.3) is 0 Å². The van der Waals surface area contributed by atoms with E-state index in [1.807, 2.05) is 7.05 Å². The van der Waals surface area contributed by atoms with Crippen LogP contribution in [0.5, 0.6) is 0 Å². The van der Waals surface area contributed by atoms with Crippen LogP contribution in [0.1, 0.15) is 13.3 Å². The van der Waals surface area contributed by atoms with Gasteiger partial charge in [0, 0.05) is 12.5 Å². The minimum absolute atomic E-state index is 0.639. The minimum atomic E-state index is 0.639. The van der Waals surface area contributed by atoms with Gasteiger partial charge in [-0.15, -0.1) is 11.8 Å². The van der Waals surface area contributed by atoms with Crippen LogP contribution in [0.15, 0.2) is 11.5 Å². The Balaban J connectivity index is 3.68. The molecule has 0 aromatic heterocycles. The summed E-state index contributed by atoms with van der Waals surface area (Å²) in [5.41, 5.74) is 0. The first-order valence-electron chi connectivity index (χ1n) is 3.63. The minimum Gasteiger partial charge on any atom is -0.319 e. The summed E-state index contributed by atoms with van der Waals surface area (Å²) in [5, 5.41) is 3.16. The Morgan fingerprint density at radius 3 is 2.60 bits per heavy atom. The summed E-state index contributed by atoms with van der Waals surface area (Å²) < 4.78 is 0. The van der Waals surface area contributed by atoms with E-state index in [1.165, 1.54) is 11.3 Å². The van der Waals surface area contributed by atoms with Crippen LogP contribution in [-0.4, -0.2) is 19.8 Å². The second kappa shape index (κ2) is 5.81. The van der Waals surface area contributed by atoms with Crippen molar-refractivity contribution in [2.75, 3.05) is 19.8 Å². The standard InChI is InChI=1S/C8H17NS/c1-5-8(6-9-3)7(2)10-4/h8-9H,2,5-6H2,1,3-4H3. The Kier molecular flexibility index (Phi) is 5.84. The van der Waals surface area contributed by atoms with Gasteiger partial charge in [0.15, 0.2) is 0 Å². The molecule has 0 amide bonds. The van der Waals surface area contributed by atoms with Crippen molar-refractivity contribution in [1.82, 2.24) is 5.32 Å². The molecule has 1 nitrogen and oxygen atoms in total. The summed E-state index contributed by atoms with van der Waals surface area (Å²) >= 11 is 1.76. The molecule has 1 N–H and O–H groups in total. The lowest BCUT2D eigenvalue weighted by atomic mass is 10.1. The van der Waals surface area contributed by atoms with Gasteiger partial charge in [0.2, 0.25) is 0 Å². The van der Waals surface area contributed by atoms with E-state index in [0.717, 1.165) is 6.54 Å². The van der Waals surface area contributed by atoms with E-state index in [1.54, 1.807) is 11.8 Å². The molecule has 2 heteroatoms. The van der Waals surface area contributed by atoms with Gasteiger partial charge in [-0.3, -0.25) is 0 Å². The Hall–Kier alpha value is 0.0500. The number of hydrogen-bond donors (Lipinski definition) is 1. The predicted octanol–water partition coefficient (Wildman–Crippen LogP) is 2.11. The highest BCUT2D eigenvalue weighted by molar-refractivity contribution is 8.02. The molecule has 0 heterocycles. The molecule has 0 aromatic rings. The fourth-order valence-corrected chi connectivity index (χ4v) is 1.48. The molecule has 1 atom stereocenters. The van der Waals surface area contributed by atoms with Gasteiger partial charge in [-0.25, -0.2) is 0 Å². The van der Waals surface area contributed by atoms with Crippen molar-refractivity contribution < 1.29 is 0 Å². The first kappa shape index (κ1) is 10.0. The molecule has 10 heavy (non-hydrogen) atoms. The molecule has 0 saturated carbocycles. The van der Waals surface area contributed by atoms with Crippen molar-refractivity contribution in [1.29, 1.82) is 0 Å². The van der Waals surface area contributed by atoms with E-state index >= 15 is 0 Å². The second-order valence-corrected chi connectivity index (χ2v) is 3.27. The first-order chi connectivity index (χ1) is 4.76. The van der Waals surface area contributed by atoms with Crippen LogP contribution in [0.4, 0.5) is 0 Å². The fourth-order valence-electron chi connectivity index (χ4n) is 0.899. The zero-order valence-electron chi connectivity index (χ0n) is 7.11. The fraction of sp³-hybridized carbons (Fsp3) is 0.750. The van der Waals surface area contributed by atoms with Gasteiger partial charge in [-0.2, -0.15) is 0 Å². The molecule has 0 spiro atoms. The van der Waals surface area contributed by atoms with E-state index in [4.69, 9.17) is 0 Å². The molecule has 0 fully saturated rings. The molecule has 60 valence electrons. The summed E-state index contributed by atoms with van der Waals surface area (Å²) in [4.78, 5) is 1.29. The zero-order valence-corrected chi connectivity index (χ0v) is 7.92. The van der Waals surface area contributed by atoms with Crippen molar-refractivity contribution in [3.8, 4) is 0 Å². The van der Waals surface area contributed by atoms with Crippen LogP contribution >= 0.6 is 11.8 Å². The quantitative estimate of drug-likeness (QED) is 0.659. The third kappa shape index (κ3) is 3.28.